The van der Waals surface area contributed by atoms with E-state index in [1.54, 1.807) is 12.4 Å². The summed E-state index contributed by atoms with van der Waals surface area (Å²) < 4.78 is 0. The second-order valence-corrected chi connectivity index (χ2v) is 2.56. The fourth-order valence-electron chi connectivity index (χ4n) is 0.910. The largest absolute Gasteiger partial charge is 0.367 e. The van der Waals surface area contributed by atoms with Crippen molar-refractivity contribution in [2.45, 2.75) is 0 Å². The van der Waals surface area contributed by atoms with Gasteiger partial charge in [0.2, 0.25) is 0 Å². The molecule has 0 saturated carbocycles. The van der Waals surface area contributed by atoms with E-state index in [1.807, 2.05) is 6.07 Å². The van der Waals surface area contributed by atoms with Gasteiger partial charge in [-0.25, -0.2) is 4.98 Å². The molecule has 0 amide bonds. The first-order chi connectivity index (χ1) is 5.88. The molecule has 0 saturated heterocycles. The van der Waals surface area contributed by atoms with Gasteiger partial charge in [0.1, 0.15) is 12.0 Å². The zero-order chi connectivity index (χ0) is 8.39. The molecule has 5 heteroatoms. The second-order valence-electron chi connectivity index (χ2n) is 2.20. The number of aromatic amines is 1. The number of hydrogen-bond acceptors (Lipinski definition) is 3. The topological polar surface area (TPSA) is 54.5 Å². The monoisotopic (exact) mass is 180 g/mol. The molecule has 60 valence electrons. The Hall–Kier alpha value is -1.42. The lowest BCUT2D eigenvalue weighted by atomic mass is 10.3. The number of halogens is 1. The third kappa shape index (κ3) is 1.16. The summed E-state index contributed by atoms with van der Waals surface area (Å²) in [5.74, 6) is 0. The Kier molecular flexibility index (Phi) is 1.75. The molecule has 0 spiro atoms. The molecule has 0 aliphatic heterocycles. The number of hydrogen-bond donors (Lipinski definition) is 1. The highest BCUT2D eigenvalue weighted by Gasteiger charge is 2.05. The number of H-pyrrole nitrogens is 1. The minimum Gasteiger partial charge on any atom is -0.367 e. The maximum absolute atomic E-state index is 5.79. The molecule has 0 bridgehead atoms. The Morgan fingerprint density at radius 2 is 2.33 bits per heavy atom. The Labute approximate surface area is 73.6 Å². The van der Waals surface area contributed by atoms with Gasteiger partial charge in [0, 0.05) is 18.0 Å². The lowest BCUT2D eigenvalue weighted by Gasteiger charge is -1.95. The van der Waals surface area contributed by atoms with E-state index in [1.165, 1.54) is 6.33 Å². The molecule has 2 heterocycles. The van der Waals surface area contributed by atoms with Gasteiger partial charge < -0.3 is 4.98 Å². The van der Waals surface area contributed by atoms with Crippen LogP contribution in [0.1, 0.15) is 0 Å². The van der Waals surface area contributed by atoms with Crippen molar-refractivity contribution in [3.05, 3.63) is 29.9 Å². The molecule has 0 aliphatic rings. The molecule has 0 aromatic carbocycles. The number of rotatable bonds is 1. The van der Waals surface area contributed by atoms with Gasteiger partial charge in [-0.2, -0.15) is 0 Å². The summed E-state index contributed by atoms with van der Waals surface area (Å²) in [5.41, 5.74) is 1.49. The van der Waals surface area contributed by atoms with Crippen LogP contribution in [0.15, 0.2) is 24.8 Å². The minimum atomic E-state index is 0.365. The van der Waals surface area contributed by atoms with E-state index < -0.39 is 0 Å². The zero-order valence-corrected chi connectivity index (χ0v) is 6.78. The fourth-order valence-corrected chi connectivity index (χ4v) is 1.10. The highest BCUT2D eigenvalue weighted by molar-refractivity contribution is 6.31. The predicted molar refractivity (Wildman–Crippen MR) is 44.6 cm³/mol. The van der Waals surface area contributed by atoms with Crippen LogP contribution in [0.5, 0.6) is 0 Å². The molecule has 0 unspecified atom stereocenters. The van der Waals surface area contributed by atoms with Crippen molar-refractivity contribution >= 4 is 11.6 Å². The van der Waals surface area contributed by atoms with Gasteiger partial charge in [-0.1, -0.05) is 11.6 Å². The molecule has 2 aromatic rings. The van der Waals surface area contributed by atoms with Crippen molar-refractivity contribution in [2.24, 2.45) is 0 Å². The molecule has 4 nitrogen and oxygen atoms in total. The Balaban J connectivity index is 2.55. The van der Waals surface area contributed by atoms with E-state index in [9.17, 15) is 0 Å². The number of nitrogens with one attached hydrogen (secondary N) is 1. The molecule has 0 atom stereocenters. The Morgan fingerprint density at radius 3 is 3.00 bits per heavy atom. The lowest BCUT2D eigenvalue weighted by molar-refractivity contribution is 0.977. The molecular weight excluding hydrogens is 176 g/mol. The summed E-state index contributed by atoms with van der Waals surface area (Å²) in [4.78, 5) is 6.71. The van der Waals surface area contributed by atoms with Crippen LogP contribution in [0.3, 0.4) is 0 Å². The maximum Gasteiger partial charge on any atom is 0.159 e. The molecule has 0 aliphatic carbocycles. The van der Waals surface area contributed by atoms with Crippen LogP contribution in [0.2, 0.25) is 5.15 Å². The van der Waals surface area contributed by atoms with Crippen LogP contribution in [-0.2, 0) is 0 Å². The molecule has 12 heavy (non-hydrogen) atoms. The van der Waals surface area contributed by atoms with E-state index in [2.05, 4.69) is 20.2 Å². The van der Waals surface area contributed by atoms with Crippen LogP contribution >= 0.6 is 11.6 Å². The van der Waals surface area contributed by atoms with Gasteiger partial charge in [-0.15, -0.1) is 10.2 Å². The summed E-state index contributed by atoms with van der Waals surface area (Å²) >= 11 is 5.79. The van der Waals surface area contributed by atoms with Crippen LogP contribution < -0.4 is 0 Å². The molecule has 0 fully saturated rings. The summed E-state index contributed by atoms with van der Waals surface area (Å²) in [6.07, 6.45) is 4.90. The van der Waals surface area contributed by atoms with Crippen molar-refractivity contribution in [3.63, 3.8) is 0 Å². The van der Waals surface area contributed by atoms with Crippen molar-refractivity contribution in [2.75, 3.05) is 0 Å². The summed E-state index contributed by atoms with van der Waals surface area (Å²) in [6, 6.07) is 1.86. The average molecular weight is 181 g/mol. The van der Waals surface area contributed by atoms with E-state index in [0.29, 0.717) is 10.8 Å². The highest BCUT2D eigenvalue weighted by atomic mass is 35.5. The van der Waals surface area contributed by atoms with E-state index in [-0.39, 0.29) is 0 Å². The van der Waals surface area contributed by atoms with Crippen molar-refractivity contribution in [3.8, 4) is 11.3 Å². The molecule has 2 aromatic heterocycles. The van der Waals surface area contributed by atoms with Crippen LogP contribution in [-0.4, -0.2) is 20.2 Å². The molecular formula is C7H5ClN4. The van der Waals surface area contributed by atoms with Crippen LogP contribution in [0.25, 0.3) is 11.3 Å². The van der Waals surface area contributed by atoms with E-state index >= 15 is 0 Å². The molecule has 0 radical (unpaired) electrons. The maximum atomic E-state index is 5.79. The van der Waals surface area contributed by atoms with Crippen molar-refractivity contribution < 1.29 is 0 Å². The highest BCUT2D eigenvalue weighted by Crippen LogP contribution is 2.21. The normalized spacial score (nSPS) is 10.1. The first-order valence-corrected chi connectivity index (χ1v) is 3.72. The average Bonchev–Trinajstić information content (AvgIpc) is 2.57. The van der Waals surface area contributed by atoms with Gasteiger partial charge in [0.15, 0.2) is 5.15 Å². The van der Waals surface area contributed by atoms with Gasteiger partial charge in [0.25, 0.3) is 0 Å². The fraction of sp³-hybridized carbons (Fsp3) is 0. The van der Waals surface area contributed by atoms with Gasteiger partial charge >= 0.3 is 0 Å². The zero-order valence-electron chi connectivity index (χ0n) is 6.03. The quantitative estimate of drug-likeness (QED) is 0.724. The Bertz CT molecular complexity index is 371. The van der Waals surface area contributed by atoms with Crippen molar-refractivity contribution in [1.82, 2.24) is 20.2 Å². The van der Waals surface area contributed by atoms with Gasteiger partial charge in [-0.05, 0) is 6.07 Å². The van der Waals surface area contributed by atoms with Crippen LogP contribution in [0.4, 0.5) is 0 Å². The summed E-state index contributed by atoms with van der Waals surface area (Å²) in [7, 11) is 0. The van der Waals surface area contributed by atoms with Gasteiger partial charge in [0.05, 0.1) is 0 Å². The van der Waals surface area contributed by atoms with Gasteiger partial charge in [-0.3, -0.25) is 0 Å². The second kappa shape index (κ2) is 2.91. The third-order valence-electron chi connectivity index (χ3n) is 1.45. The lowest BCUT2D eigenvalue weighted by Crippen LogP contribution is -1.89. The van der Waals surface area contributed by atoms with E-state index in [0.717, 1.165) is 5.56 Å². The number of nitrogens with zero attached hydrogens (tertiary/aromatic N) is 3. The minimum absolute atomic E-state index is 0.365. The van der Waals surface area contributed by atoms with Crippen molar-refractivity contribution in [1.29, 1.82) is 0 Å². The van der Waals surface area contributed by atoms with Crippen LogP contribution in [0, 0.1) is 0 Å². The SMILES string of the molecule is Clc1ncnnc1-c1cc[nH]c1. The predicted octanol–water partition coefficient (Wildman–Crippen LogP) is 1.52. The number of aromatic nitrogens is 4. The standard InChI is InChI=1S/C7H5ClN4/c8-7-6(12-11-4-10-7)5-1-2-9-3-5/h1-4,9H. The van der Waals surface area contributed by atoms with E-state index in [4.69, 9.17) is 11.6 Å². The summed E-state index contributed by atoms with van der Waals surface area (Å²) in [5, 5.41) is 7.86. The first kappa shape index (κ1) is 7.24. The third-order valence-corrected chi connectivity index (χ3v) is 1.72. The Morgan fingerprint density at radius 1 is 1.42 bits per heavy atom. The molecule has 2 rings (SSSR count). The first-order valence-electron chi connectivity index (χ1n) is 3.34. The molecule has 1 N–H and O–H groups in total. The smallest absolute Gasteiger partial charge is 0.159 e. The summed E-state index contributed by atoms with van der Waals surface area (Å²) in [6.45, 7) is 0.